The van der Waals surface area contributed by atoms with Crippen LogP contribution in [0.5, 0.6) is 0 Å². The molecule has 0 atom stereocenters. The van der Waals surface area contributed by atoms with Crippen LogP contribution in [-0.2, 0) is 4.74 Å². The van der Waals surface area contributed by atoms with E-state index in [9.17, 15) is 9.59 Å². The number of rotatable bonds is 10. The molecule has 0 spiro atoms. The molecule has 138 valence electrons. The Hall–Kier alpha value is -2.69. The monoisotopic (exact) mass is 354 g/mol. The predicted molar refractivity (Wildman–Crippen MR) is 102 cm³/mol. The molecule has 1 amide bonds. The van der Waals surface area contributed by atoms with Crippen molar-refractivity contribution in [1.29, 1.82) is 0 Å². The number of pyridine rings is 1. The van der Waals surface area contributed by atoms with Crippen molar-refractivity contribution in [3.8, 4) is 0 Å². The number of nitrogens with zero attached hydrogens (tertiary/aromatic N) is 1. The first-order valence-corrected chi connectivity index (χ1v) is 9.19. The smallest absolute Gasteiger partial charge is 0.338 e. The highest BCUT2D eigenvalue weighted by Gasteiger charge is 2.10. The molecule has 5 heteroatoms. The molecule has 0 bridgehead atoms. The molecule has 0 aliphatic rings. The van der Waals surface area contributed by atoms with E-state index in [4.69, 9.17) is 4.74 Å². The summed E-state index contributed by atoms with van der Waals surface area (Å²) in [5.74, 6) is -0.608. The Morgan fingerprint density at radius 2 is 1.69 bits per heavy atom. The first-order chi connectivity index (χ1) is 12.7. The van der Waals surface area contributed by atoms with Gasteiger partial charge in [-0.2, -0.15) is 0 Å². The van der Waals surface area contributed by atoms with E-state index in [1.807, 2.05) is 0 Å². The van der Waals surface area contributed by atoms with E-state index in [-0.39, 0.29) is 11.9 Å². The highest BCUT2D eigenvalue weighted by molar-refractivity contribution is 6.04. The molecule has 1 N–H and O–H groups in total. The van der Waals surface area contributed by atoms with E-state index in [2.05, 4.69) is 17.2 Å². The number of benzene rings is 1. The van der Waals surface area contributed by atoms with Crippen LogP contribution in [0.3, 0.4) is 0 Å². The zero-order valence-corrected chi connectivity index (χ0v) is 15.2. The third kappa shape index (κ3) is 6.67. The fraction of sp³-hybridized carbons (Fsp3) is 0.381. The van der Waals surface area contributed by atoms with Crippen LogP contribution in [-0.4, -0.2) is 23.5 Å². The zero-order valence-electron chi connectivity index (χ0n) is 15.2. The molecule has 0 unspecified atom stereocenters. The third-order valence-electron chi connectivity index (χ3n) is 4.03. The van der Waals surface area contributed by atoms with Gasteiger partial charge in [0.25, 0.3) is 5.91 Å². The molecule has 0 aliphatic heterocycles. The van der Waals surface area contributed by atoms with Crippen molar-refractivity contribution in [2.24, 2.45) is 0 Å². The lowest BCUT2D eigenvalue weighted by Gasteiger charge is -2.08. The second-order valence-electron chi connectivity index (χ2n) is 6.17. The zero-order chi connectivity index (χ0) is 18.6. The minimum absolute atomic E-state index is 0.245. The minimum atomic E-state index is -0.362. The van der Waals surface area contributed by atoms with Gasteiger partial charge in [-0.3, -0.25) is 9.78 Å². The van der Waals surface area contributed by atoms with Crippen LogP contribution >= 0.6 is 0 Å². The van der Waals surface area contributed by atoms with Gasteiger partial charge in [0.2, 0.25) is 0 Å². The number of nitrogens with one attached hydrogen (secondary N) is 1. The van der Waals surface area contributed by atoms with E-state index in [0.29, 0.717) is 23.4 Å². The number of aromatic nitrogens is 1. The number of carbonyl (C=O) groups excluding carboxylic acids is 2. The molecule has 0 radical (unpaired) electrons. The van der Waals surface area contributed by atoms with Crippen LogP contribution in [0.2, 0.25) is 0 Å². The average Bonchev–Trinajstić information content (AvgIpc) is 2.68. The maximum absolute atomic E-state index is 12.2. The van der Waals surface area contributed by atoms with Crippen molar-refractivity contribution in [1.82, 2.24) is 4.98 Å². The summed E-state index contributed by atoms with van der Waals surface area (Å²) in [6.07, 6.45) is 9.99. The van der Waals surface area contributed by atoms with Crippen LogP contribution in [0.1, 0.15) is 66.2 Å². The van der Waals surface area contributed by atoms with E-state index >= 15 is 0 Å². The number of ether oxygens (including phenoxy) is 1. The van der Waals surface area contributed by atoms with Crippen molar-refractivity contribution in [3.05, 3.63) is 59.9 Å². The first-order valence-electron chi connectivity index (χ1n) is 9.19. The highest BCUT2D eigenvalue weighted by atomic mass is 16.5. The molecule has 0 fully saturated rings. The van der Waals surface area contributed by atoms with Gasteiger partial charge in [0, 0.05) is 23.6 Å². The summed E-state index contributed by atoms with van der Waals surface area (Å²) >= 11 is 0. The van der Waals surface area contributed by atoms with Gasteiger partial charge in [0.05, 0.1) is 12.2 Å². The number of carbonyl (C=O) groups is 2. The van der Waals surface area contributed by atoms with E-state index in [0.717, 1.165) is 12.8 Å². The summed E-state index contributed by atoms with van der Waals surface area (Å²) in [7, 11) is 0. The van der Waals surface area contributed by atoms with E-state index in [1.54, 1.807) is 48.8 Å². The van der Waals surface area contributed by atoms with Crippen LogP contribution in [0.4, 0.5) is 5.69 Å². The largest absolute Gasteiger partial charge is 0.462 e. The molecule has 0 aliphatic carbocycles. The summed E-state index contributed by atoms with van der Waals surface area (Å²) in [6, 6.07) is 10.0. The Morgan fingerprint density at radius 3 is 2.46 bits per heavy atom. The Kier molecular flexibility index (Phi) is 8.33. The van der Waals surface area contributed by atoms with Crippen molar-refractivity contribution in [2.75, 3.05) is 11.9 Å². The van der Waals surface area contributed by atoms with Crippen LogP contribution in [0.15, 0.2) is 48.8 Å². The molecule has 0 saturated heterocycles. The normalized spacial score (nSPS) is 10.3. The van der Waals surface area contributed by atoms with Gasteiger partial charge < -0.3 is 10.1 Å². The summed E-state index contributed by atoms with van der Waals surface area (Å²) < 4.78 is 5.32. The van der Waals surface area contributed by atoms with Crippen molar-refractivity contribution in [3.63, 3.8) is 0 Å². The second kappa shape index (κ2) is 11.0. The number of amides is 1. The summed E-state index contributed by atoms with van der Waals surface area (Å²) in [5.41, 5.74) is 1.50. The lowest BCUT2D eigenvalue weighted by atomic mass is 10.1. The molecule has 2 rings (SSSR count). The molecule has 5 nitrogen and oxygen atoms in total. The summed E-state index contributed by atoms with van der Waals surface area (Å²) in [5, 5.41) is 2.77. The Balaban J connectivity index is 1.80. The molecule has 26 heavy (non-hydrogen) atoms. The van der Waals surface area contributed by atoms with Crippen molar-refractivity contribution >= 4 is 17.6 Å². The van der Waals surface area contributed by atoms with Gasteiger partial charge in [0.1, 0.15) is 0 Å². The summed E-state index contributed by atoms with van der Waals surface area (Å²) in [4.78, 5) is 28.2. The lowest BCUT2D eigenvalue weighted by molar-refractivity contribution is 0.0497. The van der Waals surface area contributed by atoms with Crippen LogP contribution in [0, 0.1) is 0 Å². The Morgan fingerprint density at radius 1 is 0.962 bits per heavy atom. The SMILES string of the molecule is CCCCCCCCOC(=O)c1cccc(NC(=O)c2ccncc2)c1. The fourth-order valence-corrected chi connectivity index (χ4v) is 2.56. The molecule has 2 aromatic rings. The lowest BCUT2D eigenvalue weighted by Crippen LogP contribution is -2.13. The molecule has 1 aromatic carbocycles. The van der Waals surface area contributed by atoms with Crippen LogP contribution in [0.25, 0.3) is 0 Å². The summed E-state index contributed by atoms with van der Waals surface area (Å²) in [6.45, 7) is 2.62. The van der Waals surface area contributed by atoms with E-state index < -0.39 is 0 Å². The molecule has 0 saturated carbocycles. The van der Waals surface area contributed by atoms with Gasteiger partial charge in [-0.25, -0.2) is 4.79 Å². The number of hydrogen-bond donors (Lipinski definition) is 1. The van der Waals surface area contributed by atoms with Gasteiger partial charge in [0.15, 0.2) is 0 Å². The van der Waals surface area contributed by atoms with E-state index in [1.165, 1.54) is 25.7 Å². The fourth-order valence-electron chi connectivity index (χ4n) is 2.56. The van der Waals surface area contributed by atoms with Gasteiger partial charge >= 0.3 is 5.97 Å². The predicted octanol–water partition coefficient (Wildman–Crippen LogP) is 4.85. The maximum Gasteiger partial charge on any atom is 0.338 e. The number of anilines is 1. The number of hydrogen-bond acceptors (Lipinski definition) is 4. The highest BCUT2D eigenvalue weighted by Crippen LogP contribution is 2.14. The molecule has 1 heterocycles. The molecular formula is C21H26N2O3. The Labute approximate surface area is 154 Å². The minimum Gasteiger partial charge on any atom is -0.462 e. The standard InChI is InChI=1S/C21H26N2O3/c1-2-3-4-5-6-7-15-26-21(25)18-9-8-10-19(16-18)23-20(24)17-11-13-22-14-12-17/h8-14,16H,2-7,15H2,1H3,(H,23,24). The van der Waals surface area contributed by atoms with Gasteiger partial charge in [-0.05, 0) is 36.8 Å². The average molecular weight is 354 g/mol. The van der Waals surface area contributed by atoms with Crippen molar-refractivity contribution in [2.45, 2.75) is 45.4 Å². The maximum atomic E-state index is 12.2. The van der Waals surface area contributed by atoms with Crippen molar-refractivity contribution < 1.29 is 14.3 Å². The first kappa shape index (κ1) is 19.6. The quantitative estimate of drug-likeness (QED) is 0.489. The number of esters is 1. The third-order valence-corrected chi connectivity index (χ3v) is 4.03. The van der Waals surface area contributed by atoms with Crippen LogP contribution < -0.4 is 5.32 Å². The topological polar surface area (TPSA) is 68.3 Å². The molecular weight excluding hydrogens is 328 g/mol. The molecule has 1 aromatic heterocycles. The van der Waals surface area contributed by atoms with Gasteiger partial charge in [-0.1, -0.05) is 45.1 Å². The number of unbranched alkanes of at least 4 members (excludes halogenated alkanes) is 5. The van der Waals surface area contributed by atoms with Gasteiger partial charge in [-0.15, -0.1) is 0 Å². The Bertz CT molecular complexity index is 701. The second-order valence-corrected chi connectivity index (χ2v) is 6.17.